The standard InChI is InChI=1S/C22H15FNO2.BrH/c23-17-4-5-18-16(12-17)13-20(21(18)25)24-9-6-14(7-10-24)19-3-1-2-15-8-11-26-22(15)19;/h1-12,20H,13H2;1H/q+1;/p-1. The van der Waals surface area contributed by atoms with Gasteiger partial charge in [-0.2, -0.15) is 4.57 Å². The van der Waals surface area contributed by atoms with E-state index in [-0.39, 0.29) is 34.6 Å². The Hall–Kier alpha value is -2.79. The van der Waals surface area contributed by atoms with E-state index in [0.717, 1.165) is 27.7 Å². The van der Waals surface area contributed by atoms with E-state index in [4.69, 9.17) is 4.42 Å². The molecular formula is C22H15BrFNO2. The highest BCUT2D eigenvalue weighted by molar-refractivity contribution is 6.02. The molecule has 0 amide bonds. The van der Waals surface area contributed by atoms with Gasteiger partial charge in [0.05, 0.1) is 6.26 Å². The highest BCUT2D eigenvalue weighted by atomic mass is 79.9. The summed E-state index contributed by atoms with van der Waals surface area (Å²) in [7, 11) is 0. The third kappa shape index (κ3) is 2.88. The SMILES string of the molecule is O=C1c2ccc(F)cc2CC1[n+]1ccc(-c2cccc3ccoc23)cc1.[Br-]. The summed E-state index contributed by atoms with van der Waals surface area (Å²) >= 11 is 0. The quantitative estimate of drug-likeness (QED) is 0.458. The number of pyridine rings is 1. The molecule has 3 nitrogen and oxygen atoms in total. The zero-order chi connectivity index (χ0) is 17.7. The summed E-state index contributed by atoms with van der Waals surface area (Å²) in [6.07, 6.45) is 6.01. The molecule has 0 saturated carbocycles. The number of para-hydroxylation sites is 1. The van der Waals surface area contributed by atoms with E-state index in [1.54, 1.807) is 12.3 Å². The monoisotopic (exact) mass is 423 g/mol. The van der Waals surface area contributed by atoms with Crippen LogP contribution in [0, 0.1) is 5.82 Å². The van der Waals surface area contributed by atoms with Gasteiger partial charge in [-0.15, -0.1) is 0 Å². The number of nitrogens with zero attached hydrogens (tertiary/aromatic N) is 1. The maximum atomic E-state index is 13.4. The second-order valence-electron chi connectivity index (χ2n) is 6.56. The van der Waals surface area contributed by atoms with Gasteiger partial charge in [-0.3, -0.25) is 4.79 Å². The summed E-state index contributed by atoms with van der Waals surface area (Å²) in [5, 5.41) is 1.06. The van der Waals surface area contributed by atoms with E-state index in [0.29, 0.717) is 12.0 Å². The molecule has 134 valence electrons. The van der Waals surface area contributed by atoms with Crippen molar-refractivity contribution in [3.63, 3.8) is 0 Å². The molecule has 4 aromatic rings. The maximum Gasteiger partial charge on any atom is 0.231 e. The van der Waals surface area contributed by atoms with Gasteiger partial charge >= 0.3 is 0 Å². The number of furan rings is 1. The number of aromatic nitrogens is 1. The van der Waals surface area contributed by atoms with Gasteiger partial charge < -0.3 is 21.4 Å². The van der Waals surface area contributed by atoms with Gasteiger partial charge in [-0.1, -0.05) is 18.2 Å². The van der Waals surface area contributed by atoms with Crippen LogP contribution in [-0.4, -0.2) is 5.78 Å². The van der Waals surface area contributed by atoms with Crippen LogP contribution in [0.5, 0.6) is 0 Å². The molecule has 1 atom stereocenters. The van der Waals surface area contributed by atoms with Crippen LogP contribution in [-0.2, 0) is 6.42 Å². The van der Waals surface area contributed by atoms with Crippen LogP contribution < -0.4 is 21.5 Å². The van der Waals surface area contributed by atoms with Crippen molar-refractivity contribution >= 4 is 16.8 Å². The van der Waals surface area contributed by atoms with Crippen molar-refractivity contribution in [2.45, 2.75) is 12.5 Å². The lowest BCUT2D eigenvalue weighted by atomic mass is 10.0. The minimum Gasteiger partial charge on any atom is -1.00 e. The third-order valence-electron chi connectivity index (χ3n) is 5.05. The van der Waals surface area contributed by atoms with Crippen molar-refractivity contribution in [1.82, 2.24) is 0 Å². The number of rotatable bonds is 2. The van der Waals surface area contributed by atoms with Gasteiger partial charge in [0.25, 0.3) is 0 Å². The highest BCUT2D eigenvalue weighted by Crippen LogP contribution is 2.30. The Morgan fingerprint density at radius 2 is 1.81 bits per heavy atom. The molecule has 0 fully saturated rings. The van der Waals surface area contributed by atoms with E-state index in [1.165, 1.54) is 12.1 Å². The fourth-order valence-corrected chi connectivity index (χ4v) is 3.74. The highest BCUT2D eigenvalue weighted by Gasteiger charge is 2.37. The minimum atomic E-state index is -0.319. The van der Waals surface area contributed by atoms with Crippen LogP contribution >= 0.6 is 0 Å². The number of hydrogen-bond donors (Lipinski definition) is 0. The number of carbonyl (C=O) groups is 1. The molecule has 0 radical (unpaired) electrons. The number of carbonyl (C=O) groups excluding carboxylic acids is 1. The molecule has 5 rings (SSSR count). The molecule has 0 spiro atoms. The van der Waals surface area contributed by atoms with E-state index < -0.39 is 0 Å². The zero-order valence-corrected chi connectivity index (χ0v) is 15.8. The van der Waals surface area contributed by atoms with E-state index >= 15 is 0 Å². The molecule has 0 bridgehead atoms. The van der Waals surface area contributed by atoms with E-state index in [9.17, 15) is 9.18 Å². The Bertz CT molecular complexity index is 1150. The lowest BCUT2D eigenvalue weighted by Gasteiger charge is -2.05. The molecule has 2 aromatic carbocycles. The average molecular weight is 424 g/mol. The summed E-state index contributed by atoms with van der Waals surface area (Å²) in [6.45, 7) is 0. The Morgan fingerprint density at radius 3 is 2.63 bits per heavy atom. The summed E-state index contributed by atoms with van der Waals surface area (Å²) in [4.78, 5) is 12.6. The van der Waals surface area contributed by atoms with Crippen molar-refractivity contribution in [2.75, 3.05) is 0 Å². The predicted octanol–water partition coefficient (Wildman–Crippen LogP) is 1.51. The molecule has 27 heavy (non-hydrogen) atoms. The first-order valence-electron chi connectivity index (χ1n) is 8.51. The largest absolute Gasteiger partial charge is 1.00 e. The van der Waals surface area contributed by atoms with Gasteiger partial charge in [0, 0.05) is 35.1 Å². The molecule has 0 aliphatic heterocycles. The summed E-state index contributed by atoms with van der Waals surface area (Å²) in [5.41, 5.74) is 4.29. The normalized spacial score (nSPS) is 15.6. The van der Waals surface area contributed by atoms with Gasteiger partial charge in [0.15, 0.2) is 12.4 Å². The summed E-state index contributed by atoms with van der Waals surface area (Å²) < 4.78 is 20.9. The topological polar surface area (TPSA) is 34.1 Å². The van der Waals surface area contributed by atoms with Crippen molar-refractivity contribution in [3.05, 3.63) is 90.2 Å². The lowest BCUT2D eigenvalue weighted by Crippen LogP contribution is -3.00. The molecule has 5 heteroatoms. The minimum absolute atomic E-state index is 0. The first-order chi connectivity index (χ1) is 12.7. The van der Waals surface area contributed by atoms with Crippen molar-refractivity contribution in [1.29, 1.82) is 0 Å². The predicted molar refractivity (Wildman–Crippen MR) is 95.3 cm³/mol. The Morgan fingerprint density at radius 1 is 1.00 bits per heavy atom. The maximum absolute atomic E-state index is 13.4. The fourth-order valence-electron chi connectivity index (χ4n) is 3.74. The van der Waals surface area contributed by atoms with Gasteiger partial charge in [-0.25, -0.2) is 4.39 Å². The van der Waals surface area contributed by atoms with Crippen LogP contribution in [0.15, 0.2) is 77.7 Å². The van der Waals surface area contributed by atoms with Gasteiger partial charge in [0.1, 0.15) is 11.4 Å². The molecule has 0 saturated heterocycles. The average Bonchev–Trinajstić information content (AvgIpc) is 3.26. The molecule has 1 aliphatic rings. The zero-order valence-electron chi connectivity index (χ0n) is 14.2. The first kappa shape index (κ1) is 17.6. The van der Waals surface area contributed by atoms with Crippen LogP contribution in [0.3, 0.4) is 0 Å². The lowest BCUT2D eigenvalue weighted by molar-refractivity contribution is -0.706. The second kappa shape index (κ2) is 6.74. The number of fused-ring (bicyclic) bond motifs is 2. The van der Waals surface area contributed by atoms with Crippen LogP contribution in [0.2, 0.25) is 0 Å². The molecule has 1 unspecified atom stereocenters. The Labute approximate surface area is 165 Å². The summed E-state index contributed by atoms with van der Waals surface area (Å²) in [5.74, 6) is -0.269. The number of halogens is 2. The van der Waals surface area contributed by atoms with Crippen molar-refractivity contribution in [3.8, 4) is 11.1 Å². The molecule has 1 aliphatic carbocycles. The van der Waals surface area contributed by atoms with Crippen LogP contribution in [0.4, 0.5) is 4.39 Å². The second-order valence-corrected chi connectivity index (χ2v) is 6.56. The summed E-state index contributed by atoms with van der Waals surface area (Å²) in [6, 6.07) is 16.0. The number of ketones is 1. The van der Waals surface area contributed by atoms with E-state index in [1.807, 2.05) is 53.4 Å². The number of benzene rings is 2. The first-order valence-corrected chi connectivity index (χ1v) is 8.51. The molecule has 0 N–H and O–H groups in total. The number of hydrogen-bond acceptors (Lipinski definition) is 2. The Balaban J connectivity index is 0.00000180. The molecular weight excluding hydrogens is 409 g/mol. The fraction of sp³-hybridized carbons (Fsp3) is 0.0909. The van der Waals surface area contributed by atoms with E-state index in [2.05, 4.69) is 0 Å². The van der Waals surface area contributed by atoms with Gasteiger partial charge in [-0.05, 0) is 35.4 Å². The van der Waals surface area contributed by atoms with Crippen LogP contribution in [0.1, 0.15) is 22.0 Å². The van der Waals surface area contributed by atoms with Crippen LogP contribution in [0.25, 0.3) is 22.1 Å². The molecule has 2 aromatic heterocycles. The smallest absolute Gasteiger partial charge is 0.231 e. The van der Waals surface area contributed by atoms with Gasteiger partial charge in [0.2, 0.25) is 11.8 Å². The van der Waals surface area contributed by atoms with Crippen molar-refractivity contribution < 1.29 is 35.2 Å². The third-order valence-corrected chi connectivity index (χ3v) is 5.05. The Kier molecular flexibility index (Phi) is 4.40. The van der Waals surface area contributed by atoms with Crippen molar-refractivity contribution in [2.24, 2.45) is 0 Å². The number of Topliss-reactive ketones (excluding diaryl/α,β-unsaturated/α-hetero) is 1. The molecule has 2 heterocycles.